The monoisotopic (exact) mass is 195 g/mol. The van der Waals surface area contributed by atoms with Gasteiger partial charge < -0.3 is 15.2 Å². The number of hydrogen-bond acceptors (Lipinski definition) is 5. The van der Waals surface area contributed by atoms with Crippen LogP contribution in [0.15, 0.2) is 12.3 Å². The fourth-order valence-corrected chi connectivity index (χ4v) is 0.289. The molecule has 0 aliphatic heterocycles. The number of nitrogens with two attached hydrogens (primary N) is 1. The highest BCUT2D eigenvalue weighted by molar-refractivity contribution is 5.93. The van der Waals surface area contributed by atoms with E-state index in [1.165, 1.54) is 0 Å². The highest BCUT2D eigenvalue weighted by Gasteiger charge is 2.11. The van der Waals surface area contributed by atoms with Gasteiger partial charge in [-0.05, 0) is 6.92 Å². The van der Waals surface area contributed by atoms with Gasteiger partial charge in [-0.2, -0.15) is 0 Å². The van der Waals surface area contributed by atoms with Crippen LogP contribution in [-0.2, 0) is 14.3 Å². The van der Waals surface area contributed by atoms with Gasteiger partial charge in [-0.15, -0.1) is 12.4 Å². The fraction of sp³-hybridized carbons (Fsp3) is 0.333. The third-order valence-corrected chi connectivity index (χ3v) is 0.700. The Morgan fingerprint density at radius 2 is 2.00 bits per heavy atom. The van der Waals surface area contributed by atoms with E-state index >= 15 is 0 Å². The van der Waals surface area contributed by atoms with E-state index in [1.54, 1.807) is 6.92 Å². The number of esters is 1. The molecule has 6 heteroatoms. The van der Waals surface area contributed by atoms with Crippen LogP contribution in [0.1, 0.15) is 6.92 Å². The summed E-state index contributed by atoms with van der Waals surface area (Å²) in [5.41, 5.74) is 4.57. The summed E-state index contributed by atoms with van der Waals surface area (Å²) >= 11 is 0. The standard InChI is InChI=1S/C6H9NO4.ClH/c1-3-10-6(9)11-5(8)4(2)7;/h2-3,7H2,1H3;1H. The lowest BCUT2D eigenvalue weighted by molar-refractivity contribution is -0.135. The summed E-state index contributed by atoms with van der Waals surface area (Å²) in [4.78, 5) is 20.9. The van der Waals surface area contributed by atoms with Crippen molar-refractivity contribution in [3.63, 3.8) is 0 Å². The summed E-state index contributed by atoms with van der Waals surface area (Å²) in [6.07, 6.45) is -1.07. The molecule has 0 aliphatic rings. The largest absolute Gasteiger partial charge is 0.516 e. The van der Waals surface area contributed by atoms with E-state index in [4.69, 9.17) is 5.73 Å². The van der Waals surface area contributed by atoms with Crippen LogP contribution in [0.5, 0.6) is 0 Å². The molecule has 0 amide bonds. The highest BCUT2D eigenvalue weighted by Crippen LogP contribution is 1.89. The average molecular weight is 196 g/mol. The summed E-state index contributed by atoms with van der Waals surface area (Å²) in [5.74, 6) is -0.983. The number of hydrogen-bond donors (Lipinski definition) is 1. The van der Waals surface area contributed by atoms with Gasteiger partial charge in [0.15, 0.2) is 0 Å². The van der Waals surface area contributed by atoms with Gasteiger partial charge in [0.2, 0.25) is 0 Å². The van der Waals surface area contributed by atoms with Gasteiger partial charge in [0.05, 0.1) is 6.61 Å². The second-order valence-electron chi connectivity index (χ2n) is 1.60. The molecule has 0 unspecified atom stereocenters. The molecular formula is C6H10ClNO4. The van der Waals surface area contributed by atoms with E-state index in [0.717, 1.165) is 0 Å². The maximum Gasteiger partial charge on any atom is 0.516 e. The van der Waals surface area contributed by atoms with Crippen LogP contribution in [0.25, 0.3) is 0 Å². The first kappa shape index (κ1) is 13.4. The normalized spacial score (nSPS) is 7.75. The third-order valence-electron chi connectivity index (χ3n) is 0.700. The summed E-state index contributed by atoms with van der Waals surface area (Å²) in [7, 11) is 0. The van der Waals surface area contributed by atoms with E-state index in [1.807, 2.05) is 0 Å². The molecule has 0 aromatic carbocycles. The van der Waals surface area contributed by atoms with Crippen molar-refractivity contribution in [3.8, 4) is 0 Å². The number of ether oxygens (including phenoxy) is 2. The van der Waals surface area contributed by atoms with E-state index in [-0.39, 0.29) is 24.7 Å². The SMILES string of the molecule is C=C(N)C(=O)OC(=O)OCC.Cl. The first-order chi connectivity index (χ1) is 5.07. The molecule has 0 atom stereocenters. The topological polar surface area (TPSA) is 78.6 Å². The molecule has 0 saturated carbocycles. The van der Waals surface area contributed by atoms with Gasteiger partial charge in [0.1, 0.15) is 5.70 Å². The molecule has 0 bridgehead atoms. The molecule has 2 N–H and O–H groups in total. The smallest absolute Gasteiger partial charge is 0.434 e. The van der Waals surface area contributed by atoms with Crippen LogP contribution >= 0.6 is 12.4 Å². The second-order valence-corrected chi connectivity index (χ2v) is 1.60. The fourth-order valence-electron chi connectivity index (χ4n) is 0.289. The predicted octanol–water partition coefficient (Wildman–Crippen LogP) is 0.580. The lowest BCUT2D eigenvalue weighted by Crippen LogP contribution is -2.18. The van der Waals surface area contributed by atoms with Gasteiger partial charge in [0.25, 0.3) is 0 Å². The molecule has 70 valence electrons. The molecule has 0 aliphatic carbocycles. The number of halogens is 1. The first-order valence-corrected chi connectivity index (χ1v) is 2.91. The minimum atomic E-state index is -1.07. The summed E-state index contributed by atoms with van der Waals surface area (Å²) in [6.45, 7) is 4.79. The van der Waals surface area contributed by atoms with Crippen molar-refractivity contribution in [2.75, 3.05) is 6.61 Å². The Morgan fingerprint density at radius 3 is 2.33 bits per heavy atom. The Bertz CT molecular complexity index is 192. The molecule has 0 aromatic heterocycles. The Labute approximate surface area is 75.9 Å². The van der Waals surface area contributed by atoms with Gasteiger partial charge in [-0.1, -0.05) is 6.58 Å². The van der Waals surface area contributed by atoms with Gasteiger partial charge >= 0.3 is 12.1 Å². The van der Waals surface area contributed by atoms with Crippen LogP contribution < -0.4 is 5.73 Å². The van der Waals surface area contributed by atoms with Crippen molar-refractivity contribution in [2.24, 2.45) is 5.73 Å². The second kappa shape index (κ2) is 6.48. The maximum absolute atomic E-state index is 10.5. The minimum absolute atomic E-state index is 0. The number of rotatable bonds is 2. The quantitative estimate of drug-likeness (QED) is 0.396. The molecule has 0 heterocycles. The van der Waals surface area contributed by atoms with Crippen LogP contribution in [0.3, 0.4) is 0 Å². The van der Waals surface area contributed by atoms with Crippen LogP contribution in [-0.4, -0.2) is 18.7 Å². The molecule has 0 spiro atoms. The van der Waals surface area contributed by atoms with Gasteiger partial charge in [-0.3, -0.25) is 0 Å². The van der Waals surface area contributed by atoms with Crippen LogP contribution in [0, 0.1) is 0 Å². The molecule has 0 aromatic rings. The first-order valence-electron chi connectivity index (χ1n) is 2.91. The van der Waals surface area contributed by atoms with E-state index in [9.17, 15) is 9.59 Å². The Kier molecular flexibility index (Phi) is 7.22. The molecule has 12 heavy (non-hydrogen) atoms. The van der Waals surface area contributed by atoms with Crippen molar-refractivity contribution in [1.82, 2.24) is 0 Å². The van der Waals surface area contributed by atoms with E-state index < -0.39 is 12.1 Å². The molecule has 0 rings (SSSR count). The van der Waals surface area contributed by atoms with E-state index in [0.29, 0.717) is 0 Å². The third kappa shape index (κ3) is 5.55. The summed E-state index contributed by atoms with van der Waals surface area (Å²) in [5, 5.41) is 0. The van der Waals surface area contributed by atoms with Crippen molar-refractivity contribution in [3.05, 3.63) is 12.3 Å². The van der Waals surface area contributed by atoms with Crippen molar-refractivity contribution < 1.29 is 19.1 Å². The lowest BCUT2D eigenvalue weighted by Gasteiger charge is -2.00. The zero-order chi connectivity index (χ0) is 8.85. The Balaban J connectivity index is 0. The summed E-state index contributed by atoms with van der Waals surface area (Å²) < 4.78 is 8.31. The molecular weight excluding hydrogens is 186 g/mol. The maximum atomic E-state index is 10.5. The number of carbonyl (C=O) groups is 2. The lowest BCUT2D eigenvalue weighted by atomic mass is 10.5. The molecule has 0 fully saturated rings. The van der Waals surface area contributed by atoms with Gasteiger partial charge in [0, 0.05) is 0 Å². The molecule has 0 radical (unpaired) electrons. The number of carbonyl (C=O) groups excluding carboxylic acids is 2. The van der Waals surface area contributed by atoms with Crippen LogP contribution in [0.2, 0.25) is 0 Å². The highest BCUT2D eigenvalue weighted by atomic mass is 35.5. The Morgan fingerprint density at radius 1 is 1.50 bits per heavy atom. The van der Waals surface area contributed by atoms with Crippen LogP contribution in [0.4, 0.5) is 4.79 Å². The summed E-state index contributed by atoms with van der Waals surface area (Å²) in [6, 6.07) is 0. The predicted molar refractivity (Wildman–Crippen MR) is 43.7 cm³/mol. The molecule has 5 nitrogen and oxygen atoms in total. The van der Waals surface area contributed by atoms with Gasteiger partial charge in [-0.25, -0.2) is 9.59 Å². The zero-order valence-corrected chi connectivity index (χ0v) is 7.35. The van der Waals surface area contributed by atoms with E-state index in [2.05, 4.69) is 16.1 Å². The van der Waals surface area contributed by atoms with Crippen molar-refractivity contribution >= 4 is 24.5 Å². The minimum Gasteiger partial charge on any atom is -0.434 e. The van der Waals surface area contributed by atoms with Crippen molar-refractivity contribution in [2.45, 2.75) is 6.92 Å². The zero-order valence-electron chi connectivity index (χ0n) is 6.53. The Hall–Kier alpha value is -1.23. The van der Waals surface area contributed by atoms with Crippen molar-refractivity contribution in [1.29, 1.82) is 0 Å². The molecule has 0 saturated heterocycles. The average Bonchev–Trinajstić information content (AvgIpc) is 1.87.